The van der Waals surface area contributed by atoms with E-state index < -0.39 is 40.8 Å². The summed E-state index contributed by atoms with van der Waals surface area (Å²) in [5.74, 6) is -10.4. The van der Waals surface area contributed by atoms with E-state index in [0.717, 1.165) is 30.2 Å². The highest BCUT2D eigenvalue weighted by Crippen LogP contribution is 2.52. The topological polar surface area (TPSA) is 18.5 Å². The minimum atomic E-state index is -4.64. The van der Waals surface area contributed by atoms with Gasteiger partial charge in [0.2, 0.25) is 0 Å². The molecule has 0 unspecified atom stereocenters. The molecule has 0 atom stereocenters. The fraction of sp³-hybridized carbons (Fsp3) is 0.333. The zero-order valence-electron chi connectivity index (χ0n) is 13.5. The summed E-state index contributed by atoms with van der Waals surface area (Å²) in [6.07, 6.45) is -2.60. The Morgan fingerprint density at radius 2 is 1.35 bits per heavy atom. The van der Waals surface area contributed by atoms with E-state index in [2.05, 4.69) is 9.47 Å². The summed E-state index contributed by atoms with van der Waals surface area (Å²) < 4.78 is 92.0. The predicted molar refractivity (Wildman–Crippen MR) is 80.9 cm³/mol. The number of rotatable bonds is 5. The summed E-state index contributed by atoms with van der Waals surface area (Å²) in [5.41, 5.74) is -1.27. The maximum atomic E-state index is 14.5. The SMILES string of the molecule is CCCc1ccc(C(F)(F)C(F)(F)c2ccc3c(c2)OC(F)(F)O3)cc1. The van der Waals surface area contributed by atoms with Crippen molar-refractivity contribution in [3.8, 4) is 11.5 Å². The number of hydrogen-bond acceptors (Lipinski definition) is 2. The Hall–Kier alpha value is -2.38. The molecule has 2 aromatic carbocycles. The standard InChI is InChI=1S/C18H14F6O2/c1-2-3-11-4-6-12(7-5-11)16(19,20)17(21,22)13-8-9-14-15(10-13)26-18(23,24)25-14/h4-10H,2-3H2,1H3. The van der Waals surface area contributed by atoms with Gasteiger partial charge in [-0.2, -0.15) is 17.6 Å². The lowest BCUT2D eigenvalue weighted by Gasteiger charge is -2.27. The number of halogens is 6. The Bertz CT molecular complexity index is 802. The fourth-order valence-corrected chi connectivity index (χ4v) is 2.68. The summed E-state index contributed by atoms with van der Waals surface area (Å²) in [6, 6.07) is 6.42. The molecule has 1 aliphatic heterocycles. The molecule has 140 valence electrons. The first-order valence-electron chi connectivity index (χ1n) is 7.82. The number of fused-ring (bicyclic) bond motifs is 1. The highest BCUT2D eigenvalue weighted by atomic mass is 19.3. The molecule has 0 radical (unpaired) electrons. The first-order chi connectivity index (χ1) is 12.1. The summed E-state index contributed by atoms with van der Waals surface area (Å²) in [6.45, 7) is 1.90. The van der Waals surface area contributed by atoms with Crippen molar-refractivity contribution in [2.24, 2.45) is 0 Å². The third-order valence-electron chi connectivity index (χ3n) is 4.01. The molecule has 0 bridgehead atoms. The van der Waals surface area contributed by atoms with Gasteiger partial charge in [0.15, 0.2) is 11.5 Å². The third kappa shape index (κ3) is 3.08. The maximum Gasteiger partial charge on any atom is 0.586 e. The van der Waals surface area contributed by atoms with Crippen LogP contribution in [0.25, 0.3) is 0 Å². The van der Waals surface area contributed by atoms with Crippen LogP contribution >= 0.6 is 0 Å². The van der Waals surface area contributed by atoms with Crippen molar-refractivity contribution in [2.45, 2.75) is 37.9 Å². The molecule has 8 heteroatoms. The van der Waals surface area contributed by atoms with Crippen molar-refractivity contribution in [2.75, 3.05) is 0 Å². The number of aryl methyl sites for hydroxylation is 1. The fourth-order valence-electron chi connectivity index (χ4n) is 2.68. The summed E-state index contributed by atoms with van der Waals surface area (Å²) >= 11 is 0. The zero-order valence-corrected chi connectivity index (χ0v) is 13.5. The normalized spacial score (nSPS) is 16.0. The van der Waals surface area contributed by atoms with E-state index in [1.807, 2.05) is 6.92 Å². The second kappa shape index (κ2) is 6.10. The van der Waals surface area contributed by atoms with Crippen LogP contribution in [0, 0.1) is 0 Å². The van der Waals surface area contributed by atoms with E-state index in [4.69, 9.17) is 0 Å². The molecule has 2 aromatic rings. The Kier molecular flexibility index (Phi) is 4.32. The predicted octanol–water partition coefficient (Wildman–Crippen LogP) is 5.84. The molecule has 2 nitrogen and oxygen atoms in total. The lowest BCUT2D eigenvalue weighted by Crippen LogP contribution is -2.35. The van der Waals surface area contributed by atoms with Crippen molar-refractivity contribution in [1.29, 1.82) is 0 Å². The Morgan fingerprint density at radius 3 is 1.96 bits per heavy atom. The molecule has 0 spiro atoms. The van der Waals surface area contributed by atoms with Crippen LogP contribution in [0.5, 0.6) is 11.5 Å². The van der Waals surface area contributed by atoms with Gasteiger partial charge in [-0.15, -0.1) is 8.78 Å². The van der Waals surface area contributed by atoms with Gasteiger partial charge in [0, 0.05) is 11.1 Å². The van der Waals surface area contributed by atoms with Gasteiger partial charge in [-0.3, -0.25) is 0 Å². The van der Waals surface area contributed by atoms with E-state index in [9.17, 15) is 26.3 Å². The molecule has 26 heavy (non-hydrogen) atoms. The first kappa shape index (κ1) is 18.4. The van der Waals surface area contributed by atoms with E-state index in [1.54, 1.807) is 0 Å². The number of ether oxygens (including phenoxy) is 2. The van der Waals surface area contributed by atoms with Crippen LogP contribution in [-0.4, -0.2) is 6.29 Å². The van der Waals surface area contributed by atoms with Crippen LogP contribution < -0.4 is 9.47 Å². The van der Waals surface area contributed by atoms with Gasteiger partial charge in [-0.1, -0.05) is 37.6 Å². The maximum absolute atomic E-state index is 14.5. The molecule has 3 rings (SSSR count). The molecule has 0 aromatic heterocycles. The lowest BCUT2D eigenvalue weighted by molar-refractivity contribution is -0.286. The van der Waals surface area contributed by atoms with Crippen LogP contribution in [0.1, 0.15) is 30.0 Å². The molecule has 0 N–H and O–H groups in total. The van der Waals surface area contributed by atoms with E-state index in [0.29, 0.717) is 18.6 Å². The number of alkyl halides is 6. The van der Waals surface area contributed by atoms with E-state index >= 15 is 0 Å². The van der Waals surface area contributed by atoms with Crippen LogP contribution in [0.4, 0.5) is 26.3 Å². The quantitative estimate of drug-likeness (QED) is 0.610. The van der Waals surface area contributed by atoms with Gasteiger partial charge < -0.3 is 9.47 Å². The molecule has 1 heterocycles. The van der Waals surface area contributed by atoms with Gasteiger partial charge in [-0.05, 0) is 30.2 Å². The molecule has 0 fully saturated rings. The Labute approximate surface area is 145 Å². The summed E-state index contributed by atoms with van der Waals surface area (Å²) in [5, 5.41) is 0. The Morgan fingerprint density at radius 1 is 0.808 bits per heavy atom. The second-order valence-corrected chi connectivity index (χ2v) is 5.92. The molecule has 0 amide bonds. The molecule has 0 aliphatic carbocycles. The first-order valence-corrected chi connectivity index (χ1v) is 7.82. The Balaban J connectivity index is 1.94. The molecule has 0 saturated heterocycles. The van der Waals surface area contributed by atoms with Crippen LogP contribution in [0.2, 0.25) is 0 Å². The minimum Gasteiger partial charge on any atom is -0.395 e. The van der Waals surface area contributed by atoms with Crippen molar-refractivity contribution in [3.63, 3.8) is 0 Å². The second-order valence-electron chi connectivity index (χ2n) is 5.92. The van der Waals surface area contributed by atoms with Crippen LogP contribution in [0.15, 0.2) is 42.5 Å². The lowest BCUT2D eigenvalue weighted by atomic mass is 9.94. The third-order valence-corrected chi connectivity index (χ3v) is 4.01. The van der Waals surface area contributed by atoms with Crippen molar-refractivity contribution in [1.82, 2.24) is 0 Å². The van der Waals surface area contributed by atoms with Gasteiger partial charge >= 0.3 is 18.1 Å². The highest BCUT2D eigenvalue weighted by Gasteiger charge is 2.59. The minimum absolute atomic E-state index is 0.440. The average Bonchev–Trinajstić information content (AvgIpc) is 2.88. The smallest absolute Gasteiger partial charge is 0.395 e. The van der Waals surface area contributed by atoms with Gasteiger partial charge in [0.05, 0.1) is 0 Å². The average molecular weight is 376 g/mol. The van der Waals surface area contributed by atoms with Crippen molar-refractivity contribution in [3.05, 3.63) is 59.2 Å². The molecule has 1 aliphatic rings. The largest absolute Gasteiger partial charge is 0.586 e. The van der Waals surface area contributed by atoms with Gasteiger partial charge in [0.1, 0.15) is 0 Å². The van der Waals surface area contributed by atoms with Gasteiger partial charge in [-0.25, -0.2) is 0 Å². The monoisotopic (exact) mass is 376 g/mol. The van der Waals surface area contributed by atoms with Crippen LogP contribution in [0.3, 0.4) is 0 Å². The molecular weight excluding hydrogens is 362 g/mol. The molecular formula is C18H14F6O2. The number of benzene rings is 2. The molecule has 0 saturated carbocycles. The van der Waals surface area contributed by atoms with Gasteiger partial charge in [0.25, 0.3) is 0 Å². The van der Waals surface area contributed by atoms with Crippen molar-refractivity contribution < 1.29 is 35.8 Å². The van der Waals surface area contributed by atoms with Crippen LogP contribution in [-0.2, 0) is 18.3 Å². The number of hydrogen-bond donors (Lipinski definition) is 0. The van der Waals surface area contributed by atoms with E-state index in [1.165, 1.54) is 12.1 Å². The zero-order chi connectivity index (χ0) is 19.2. The summed E-state index contributed by atoms with van der Waals surface area (Å²) in [7, 11) is 0. The van der Waals surface area contributed by atoms with E-state index in [-0.39, 0.29) is 0 Å². The van der Waals surface area contributed by atoms with Crippen molar-refractivity contribution >= 4 is 0 Å². The highest BCUT2D eigenvalue weighted by molar-refractivity contribution is 5.47. The summed E-state index contributed by atoms with van der Waals surface area (Å²) in [4.78, 5) is 0.